The minimum Gasteiger partial charge on any atom is -0.486 e. The van der Waals surface area contributed by atoms with Crippen molar-refractivity contribution in [3.8, 4) is 11.5 Å². The van der Waals surface area contributed by atoms with Crippen LogP contribution < -0.4 is 9.47 Å². The molecule has 2 heterocycles. The van der Waals surface area contributed by atoms with Crippen molar-refractivity contribution < 1.29 is 14.3 Å². The minimum absolute atomic E-state index is 0.176. The van der Waals surface area contributed by atoms with Crippen LogP contribution in [0.25, 0.3) is 0 Å². The molecule has 0 aromatic heterocycles. The van der Waals surface area contributed by atoms with Gasteiger partial charge >= 0.3 is 0 Å². The lowest BCUT2D eigenvalue weighted by atomic mass is 9.82. The van der Waals surface area contributed by atoms with Crippen LogP contribution in [0.15, 0.2) is 18.2 Å². The minimum atomic E-state index is -0.583. The number of hydrogen-bond acceptors (Lipinski definition) is 4. The molecule has 1 amide bonds. The van der Waals surface area contributed by atoms with Crippen LogP contribution in [0.1, 0.15) is 26.3 Å². The highest BCUT2D eigenvalue weighted by atomic mass is 16.6. The second-order valence-electron chi connectivity index (χ2n) is 7.09. The number of piperazine rings is 1. The summed E-state index contributed by atoms with van der Waals surface area (Å²) in [5, 5.41) is 0. The molecule has 2 aliphatic rings. The van der Waals surface area contributed by atoms with Crippen molar-refractivity contribution in [1.29, 1.82) is 0 Å². The fourth-order valence-electron chi connectivity index (χ4n) is 3.36. The Kier molecular flexibility index (Phi) is 4.23. The van der Waals surface area contributed by atoms with Crippen LogP contribution in [0.3, 0.4) is 0 Å². The molecule has 0 bridgehead atoms. The molecule has 126 valence electrons. The third kappa shape index (κ3) is 3.02. The van der Waals surface area contributed by atoms with Crippen molar-refractivity contribution in [2.45, 2.75) is 32.2 Å². The van der Waals surface area contributed by atoms with Gasteiger partial charge in [-0.3, -0.25) is 4.79 Å². The van der Waals surface area contributed by atoms with Crippen molar-refractivity contribution in [2.75, 3.05) is 39.9 Å². The topological polar surface area (TPSA) is 42.0 Å². The van der Waals surface area contributed by atoms with Crippen LogP contribution in [0.2, 0.25) is 0 Å². The third-order valence-electron chi connectivity index (χ3n) is 4.89. The number of carbonyl (C=O) groups excluding carboxylic acids is 1. The number of nitrogens with zero attached hydrogens (tertiary/aromatic N) is 2. The van der Waals surface area contributed by atoms with Gasteiger partial charge in [-0.15, -0.1) is 0 Å². The summed E-state index contributed by atoms with van der Waals surface area (Å²) in [5.41, 5.74) is 0.387. The predicted octanol–water partition coefficient (Wildman–Crippen LogP) is 1.90. The van der Waals surface area contributed by atoms with Crippen LogP contribution in [-0.4, -0.2) is 61.6 Å². The molecule has 0 N–H and O–H groups in total. The Morgan fingerprint density at radius 3 is 2.57 bits per heavy atom. The van der Waals surface area contributed by atoms with Gasteiger partial charge in [0.2, 0.25) is 5.91 Å². The van der Waals surface area contributed by atoms with Gasteiger partial charge in [0.1, 0.15) is 13.2 Å². The summed E-state index contributed by atoms with van der Waals surface area (Å²) in [5.74, 6) is 1.67. The Balaban J connectivity index is 1.84. The van der Waals surface area contributed by atoms with E-state index in [0.717, 1.165) is 36.7 Å². The Morgan fingerprint density at radius 1 is 1.17 bits per heavy atom. The summed E-state index contributed by atoms with van der Waals surface area (Å²) in [6.45, 7) is 9.86. The summed E-state index contributed by atoms with van der Waals surface area (Å²) in [4.78, 5) is 17.4. The first-order valence-corrected chi connectivity index (χ1v) is 8.29. The first-order chi connectivity index (χ1) is 10.9. The summed E-state index contributed by atoms with van der Waals surface area (Å²) >= 11 is 0. The molecule has 0 saturated carbocycles. The van der Waals surface area contributed by atoms with E-state index in [1.165, 1.54) is 0 Å². The fraction of sp³-hybridized carbons (Fsp3) is 0.611. The molecule has 5 nitrogen and oxygen atoms in total. The highest BCUT2D eigenvalue weighted by Gasteiger charge is 2.38. The van der Waals surface area contributed by atoms with E-state index >= 15 is 0 Å². The van der Waals surface area contributed by atoms with Crippen LogP contribution in [-0.2, 0) is 10.2 Å². The lowest BCUT2D eigenvalue weighted by Crippen LogP contribution is -2.56. The van der Waals surface area contributed by atoms with Crippen molar-refractivity contribution in [2.24, 2.45) is 0 Å². The average molecular weight is 318 g/mol. The number of likely N-dealkylation sites (N-methyl/N-ethyl adjacent to an activating group) is 1. The number of rotatable bonds is 2. The van der Waals surface area contributed by atoms with Crippen LogP contribution in [0, 0.1) is 0 Å². The second kappa shape index (κ2) is 6.04. The van der Waals surface area contributed by atoms with Gasteiger partial charge in [-0.2, -0.15) is 0 Å². The number of ether oxygens (including phenoxy) is 2. The molecule has 1 saturated heterocycles. The largest absolute Gasteiger partial charge is 0.486 e. The Hall–Kier alpha value is -1.75. The van der Waals surface area contributed by atoms with E-state index in [9.17, 15) is 4.79 Å². The van der Waals surface area contributed by atoms with Crippen LogP contribution >= 0.6 is 0 Å². The number of hydrogen-bond donors (Lipinski definition) is 0. The monoisotopic (exact) mass is 318 g/mol. The van der Waals surface area contributed by atoms with Crippen LogP contribution in [0.5, 0.6) is 11.5 Å². The lowest BCUT2D eigenvalue weighted by Gasteiger charge is -2.42. The zero-order valence-corrected chi connectivity index (χ0v) is 14.5. The van der Waals surface area contributed by atoms with E-state index in [1.807, 2.05) is 36.9 Å². The van der Waals surface area contributed by atoms with Crippen molar-refractivity contribution in [1.82, 2.24) is 9.80 Å². The van der Waals surface area contributed by atoms with Crippen LogP contribution in [0.4, 0.5) is 0 Å². The normalized spacial score (nSPS) is 22.1. The molecule has 1 atom stereocenters. The first-order valence-electron chi connectivity index (χ1n) is 8.29. The molecule has 1 aromatic carbocycles. The molecule has 23 heavy (non-hydrogen) atoms. The maximum Gasteiger partial charge on any atom is 0.232 e. The third-order valence-corrected chi connectivity index (χ3v) is 4.89. The van der Waals surface area contributed by atoms with E-state index in [1.54, 1.807) is 0 Å². The van der Waals surface area contributed by atoms with Gasteiger partial charge in [-0.1, -0.05) is 6.07 Å². The van der Waals surface area contributed by atoms with E-state index in [-0.39, 0.29) is 11.9 Å². The van der Waals surface area contributed by atoms with E-state index < -0.39 is 5.41 Å². The molecule has 0 radical (unpaired) electrons. The molecular weight excluding hydrogens is 292 g/mol. The summed E-state index contributed by atoms with van der Waals surface area (Å²) in [6.07, 6.45) is 0. The van der Waals surface area contributed by atoms with Gasteiger partial charge in [-0.25, -0.2) is 0 Å². The average Bonchev–Trinajstić information content (AvgIpc) is 2.53. The van der Waals surface area contributed by atoms with E-state index in [0.29, 0.717) is 13.2 Å². The molecule has 1 aromatic rings. The lowest BCUT2D eigenvalue weighted by molar-refractivity contribution is -0.140. The summed E-state index contributed by atoms with van der Waals surface area (Å²) < 4.78 is 11.2. The Labute approximate surface area is 138 Å². The van der Waals surface area contributed by atoms with E-state index in [2.05, 4.69) is 18.9 Å². The molecular formula is C18H26N2O3. The molecule has 5 heteroatoms. The number of fused-ring (bicyclic) bond motifs is 1. The standard InChI is InChI=1S/C18H26N2O3/c1-13-12-19(4)7-8-20(13)17(21)18(2,3)14-5-6-15-16(11-14)23-10-9-22-15/h5-6,11,13H,7-10,12H2,1-4H3/t13-/m1/s1. The maximum atomic E-state index is 13.1. The zero-order chi connectivity index (χ0) is 16.6. The molecule has 0 aliphatic carbocycles. The molecule has 0 unspecified atom stereocenters. The zero-order valence-electron chi connectivity index (χ0n) is 14.5. The Bertz CT molecular complexity index is 600. The first kappa shape index (κ1) is 16.1. The SMILES string of the molecule is C[C@@H]1CN(C)CCN1C(=O)C(C)(C)c1ccc2c(c1)OCCO2. The highest BCUT2D eigenvalue weighted by molar-refractivity contribution is 5.88. The van der Waals surface area contributed by atoms with Gasteiger partial charge in [0.25, 0.3) is 0 Å². The molecule has 2 aliphatic heterocycles. The van der Waals surface area contributed by atoms with Gasteiger partial charge < -0.3 is 19.3 Å². The summed E-state index contributed by atoms with van der Waals surface area (Å²) in [6, 6.07) is 6.07. The van der Waals surface area contributed by atoms with Gasteiger partial charge in [0.05, 0.1) is 5.41 Å². The fourth-order valence-corrected chi connectivity index (χ4v) is 3.36. The van der Waals surface area contributed by atoms with E-state index in [4.69, 9.17) is 9.47 Å². The smallest absolute Gasteiger partial charge is 0.232 e. The maximum absolute atomic E-state index is 13.1. The quantitative estimate of drug-likeness (QED) is 0.835. The predicted molar refractivity (Wildman–Crippen MR) is 89.1 cm³/mol. The van der Waals surface area contributed by atoms with Gasteiger partial charge in [0.15, 0.2) is 11.5 Å². The van der Waals surface area contributed by atoms with Crippen molar-refractivity contribution in [3.05, 3.63) is 23.8 Å². The highest BCUT2D eigenvalue weighted by Crippen LogP contribution is 2.36. The molecule has 3 rings (SSSR count). The molecule has 1 fully saturated rings. The summed E-state index contributed by atoms with van der Waals surface area (Å²) in [7, 11) is 2.10. The number of benzene rings is 1. The van der Waals surface area contributed by atoms with Crippen molar-refractivity contribution in [3.63, 3.8) is 0 Å². The second-order valence-corrected chi connectivity index (χ2v) is 7.09. The van der Waals surface area contributed by atoms with Crippen molar-refractivity contribution >= 4 is 5.91 Å². The van der Waals surface area contributed by atoms with Gasteiger partial charge in [0, 0.05) is 25.7 Å². The Morgan fingerprint density at radius 2 is 1.87 bits per heavy atom. The molecule has 0 spiro atoms. The van der Waals surface area contributed by atoms with Gasteiger partial charge in [-0.05, 0) is 45.5 Å². The number of carbonyl (C=O) groups is 1. The number of amides is 1.